The summed E-state index contributed by atoms with van der Waals surface area (Å²) in [5, 5.41) is 4.27. The molecule has 19 heavy (non-hydrogen) atoms. The van der Waals surface area contributed by atoms with Crippen LogP contribution in [0.1, 0.15) is 38.1 Å². The van der Waals surface area contributed by atoms with Crippen LogP contribution in [-0.4, -0.2) is 14.8 Å². The van der Waals surface area contributed by atoms with Crippen molar-refractivity contribution in [3.05, 3.63) is 47.8 Å². The fraction of sp³-hybridized carbons (Fsp3) is 0.467. The molecular weight excluding hydrogens is 241 g/mol. The second-order valence-electron chi connectivity index (χ2n) is 4.85. The lowest BCUT2D eigenvalue weighted by atomic mass is 9.99. The molecule has 0 saturated carbocycles. The zero-order valence-corrected chi connectivity index (χ0v) is 11.5. The van der Waals surface area contributed by atoms with Gasteiger partial charge in [-0.1, -0.05) is 38.8 Å². The Bertz CT molecular complexity index is 500. The van der Waals surface area contributed by atoms with Crippen molar-refractivity contribution in [2.45, 2.75) is 39.7 Å². The average Bonchev–Trinajstić information content (AvgIpc) is 2.86. The Balaban J connectivity index is 2.09. The van der Waals surface area contributed by atoms with Gasteiger partial charge >= 0.3 is 0 Å². The molecule has 0 saturated heterocycles. The maximum Gasteiger partial charge on any atom is 0.138 e. The quantitative estimate of drug-likeness (QED) is 0.797. The van der Waals surface area contributed by atoms with Gasteiger partial charge < -0.3 is 0 Å². The lowest BCUT2D eigenvalue weighted by Crippen LogP contribution is -2.11. The van der Waals surface area contributed by atoms with E-state index < -0.39 is 0 Å². The lowest BCUT2D eigenvalue weighted by molar-refractivity contribution is 0.462. The highest BCUT2D eigenvalue weighted by atomic mass is 19.1. The van der Waals surface area contributed by atoms with E-state index in [-0.39, 0.29) is 5.82 Å². The summed E-state index contributed by atoms with van der Waals surface area (Å²) in [4.78, 5) is 4.34. The van der Waals surface area contributed by atoms with Crippen LogP contribution in [0.25, 0.3) is 0 Å². The smallest absolute Gasteiger partial charge is 0.138 e. The highest BCUT2D eigenvalue weighted by molar-refractivity contribution is 5.16. The van der Waals surface area contributed by atoms with Gasteiger partial charge in [0.05, 0.1) is 6.54 Å². The van der Waals surface area contributed by atoms with Gasteiger partial charge in [0.2, 0.25) is 0 Å². The molecule has 2 aromatic rings. The standard InChI is InChI=1S/C15H20FN3/c1-3-12(4-2)9-15-17-11-18-19(15)10-13-5-7-14(16)8-6-13/h5-8,11-12H,3-4,9-10H2,1-2H3. The van der Waals surface area contributed by atoms with Crippen molar-refractivity contribution >= 4 is 0 Å². The number of hydrogen-bond acceptors (Lipinski definition) is 2. The highest BCUT2D eigenvalue weighted by Crippen LogP contribution is 2.14. The molecule has 0 aliphatic rings. The van der Waals surface area contributed by atoms with Gasteiger partial charge in [0.25, 0.3) is 0 Å². The predicted octanol–water partition coefficient (Wildman–Crippen LogP) is 3.44. The van der Waals surface area contributed by atoms with E-state index in [1.807, 2.05) is 4.68 Å². The molecule has 0 N–H and O–H groups in total. The van der Waals surface area contributed by atoms with Gasteiger partial charge in [-0.3, -0.25) is 0 Å². The van der Waals surface area contributed by atoms with Crippen molar-refractivity contribution in [2.75, 3.05) is 0 Å². The molecule has 0 amide bonds. The van der Waals surface area contributed by atoms with Gasteiger partial charge in [0.15, 0.2) is 0 Å². The predicted molar refractivity (Wildman–Crippen MR) is 73.3 cm³/mol. The summed E-state index contributed by atoms with van der Waals surface area (Å²) in [5.74, 6) is 1.45. The summed E-state index contributed by atoms with van der Waals surface area (Å²) in [6.07, 6.45) is 4.86. The van der Waals surface area contributed by atoms with E-state index in [9.17, 15) is 4.39 Å². The van der Waals surface area contributed by atoms with Gasteiger partial charge in [-0.15, -0.1) is 0 Å². The van der Waals surface area contributed by atoms with E-state index in [0.717, 1.165) is 30.7 Å². The number of benzene rings is 1. The van der Waals surface area contributed by atoms with E-state index >= 15 is 0 Å². The van der Waals surface area contributed by atoms with Crippen LogP contribution in [0.3, 0.4) is 0 Å². The summed E-state index contributed by atoms with van der Waals surface area (Å²) < 4.78 is 14.8. The zero-order chi connectivity index (χ0) is 13.7. The molecule has 0 bridgehead atoms. The molecule has 1 aromatic carbocycles. The first-order valence-corrected chi connectivity index (χ1v) is 6.84. The number of rotatable bonds is 6. The van der Waals surface area contributed by atoms with Crippen LogP contribution in [-0.2, 0) is 13.0 Å². The molecule has 0 aliphatic carbocycles. The van der Waals surface area contributed by atoms with Crippen LogP contribution in [0, 0.1) is 11.7 Å². The molecule has 0 aliphatic heterocycles. The minimum absolute atomic E-state index is 0.209. The van der Waals surface area contributed by atoms with Gasteiger partial charge in [0.1, 0.15) is 18.0 Å². The Morgan fingerprint density at radius 3 is 2.47 bits per heavy atom. The molecular formula is C15H20FN3. The minimum atomic E-state index is -0.209. The summed E-state index contributed by atoms with van der Waals surface area (Å²) in [6.45, 7) is 5.06. The maximum atomic E-state index is 12.9. The normalized spacial score (nSPS) is 11.2. The Hall–Kier alpha value is -1.71. The van der Waals surface area contributed by atoms with E-state index in [2.05, 4.69) is 23.9 Å². The Labute approximate surface area is 113 Å². The molecule has 1 aromatic heterocycles. The van der Waals surface area contributed by atoms with Crippen molar-refractivity contribution in [3.8, 4) is 0 Å². The van der Waals surface area contributed by atoms with Crippen molar-refractivity contribution in [1.82, 2.24) is 14.8 Å². The molecule has 102 valence electrons. The molecule has 3 nitrogen and oxygen atoms in total. The van der Waals surface area contributed by atoms with E-state index in [4.69, 9.17) is 0 Å². The largest absolute Gasteiger partial charge is 0.246 e. The average molecular weight is 261 g/mol. The fourth-order valence-corrected chi connectivity index (χ4v) is 2.18. The summed E-state index contributed by atoms with van der Waals surface area (Å²) in [6, 6.07) is 6.54. The lowest BCUT2D eigenvalue weighted by Gasteiger charge is -2.12. The van der Waals surface area contributed by atoms with Crippen LogP contribution >= 0.6 is 0 Å². The summed E-state index contributed by atoms with van der Waals surface area (Å²) >= 11 is 0. The molecule has 0 atom stereocenters. The van der Waals surface area contributed by atoms with Crippen molar-refractivity contribution < 1.29 is 4.39 Å². The fourth-order valence-electron chi connectivity index (χ4n) is 2.18. The summed E-state index contributed by atoms with van der Waals surface area (Å²) in [7, 11) is 0. The van der Waals surface area contributed by atoms with Gasteiger partial charge in [-0.25, -0.2) is 14.1 Å². The molecule has 0 spiro atoms. The first-order chi connectivity index (χ1) is 9.22. The highest BCUT2D eigenvalue weighted by Gasteiger charge is 2.11. The van der Waals surface area contributed by atoms with Gasteiger partial charge in [0, 0.05) is 6.42 Å². The second kappa shape index (κ2) is 6.45. The number of aromatic nitrogens is 3. The van der Waals surface area contributed by atoms with E-state index in [0.29, 0.717) is 12.5 Å². The minimum Gasteiger partial charge on any atom is -0.246 e. The van der Waals surface area contributed by atoms with Crippen molar-refractivity contribution in [2.24, 2.45) is 5.92 Å². The van der Waals surface area contributed by atoms with Gasteiger partial charge in [-0.2, -0.15) is 5.10 Å². The Morgan fingerprint density at radius 1 is 1.16 bits per heavy atom. The Kier molecular flexibility index (Phi) is 4.66. The van der Waals surface area contributed by atoms with Crippen molar-refractivity contribution in [1.29, 1.82) is 0 Å². The topological polar surface area (TPSA) is 30.7 Å². The summed E-state index contributed by atoms with van der Waals surface area (Å²) in [5.41, 5.74) is 1.04. The first-order valence-electron chi connectivity index (χ1n) is 6.84. The third-order valence-electron chi connectivity index (χ3n) is 3.57. The zero-order valence-electron chi connectivity index (χ0n) is 11.5. The van der Waals surface area contributed by atoms with Crippen molar-refractivity contribution in [3.63, 3.8) is 0 Å². The van der Waals surface area contributed by atoms with E-state index in [1.54, 1.807) is 18.5 Å². The van der Waals surface area contributed by atoms with Crippen LogP contribution in [0.15, 0.2) is 30.6 Å². The monoisotopic (exact) mass is 261 g/mol. The van der Waals surface area contributed by atoms with Crippen LogP contribution in [0.5, 0.6) is 0 Å². The molecule has 0 fully saturated rings. The Morgan fingerprint density at radius 2 is 1.84 bits per heavy atom. The number of hydrogen-bond donors (Lipinski definition) is 0. The van der Waals surface area contributed by atoms with Crippen LogP contribution in [0.2, 0.25) is 0 Å². The molecule has 0 radical (unpaired) electrons. The third-order valence-corrected chi connectivity index (χ3v) is 3.57. The first kappa shape index (κ1) is 13.7. The molecule has 1 heterocycles. The van der Waals surface area contributed by atoms with Crippen LogP contribution < -0.4 is 0 Å². The maximum absolute atomic E-state index is 12.9. The second-order valence-corrected chi connectivity index (χ2v) is 4.85. The number of halogens is 1. The molecule has 4 heteroatoms. The molecule has 0 unspecified atom stereocenters. The van der Waals surface area contributed by atoms with Crippen LogP contribution in [0.4, 0.5) is 4.39 Å². The number of nitrogens with zero attached hydrogens (tertiary/aromatic N) is 3. The SMILES string of the molecule is CCC(CC)Cc1ncnn1Cc1ccc(F)cc1. The van der Waals surface area contributed by atoms with Gasteiger partial charge in [-0.05, 0) is 23.6 Å². The van der Waals surface area contributed by atoms with E-state index in [1.165, 1.54) is 12.1 Å². The molecule has 2 rings (SSSR count). The third kappa shape index (κ3) is 3.63.